The topological polar surface area (TPSA) is 56.2 Å². The van der Waals surface area contributed by atoms with Gasteiger partial charge in [0.05, 0.1) is 0 Å². The van der Waals surface area contributed by atoms with Crippen molar-refractivity contribution in [3.05, 3.63) is 48.2 Å². The zero-order valence-corrected chi connectivity index (χ0v) is 9.46. The summed E-state index contributed by atoms with van der Waals surface area (Å²) in [5, 5.41) is 8.42. The molecule has 0 amide bonds. The van der Waals surface area contributed by atoms with E-state index >= 15 is 0 Å². The first kappa shape index (κ1) is 9.84. The first-order valence-electron chi connectivity index (χ1n) is 5.42. The van der Waals surface area contributed by atoms with Crippen molar-refractivity contribution in [3.63, 3.8) is 0 Å². The van der Waals surface area contributed by atoms with Crippen LogP contribution in [0.25, 0.3) is 17.0 Å². The van der Waals surface area contributed by atoms with E-state index in [0.717, 1.165) is 28.3 Å². The van der Waals surface area contributed by atoms with Crippen molar-refractivity contribution in [2.24, 2.45) is 0 Å². The average molecular weight is 224 g/mol. The van der Waals surface area contributed by atoms with Gasteiger partial charge in [-0.25, -0.2) is 0 Å². The Morgan fingerprint density at radius 2 is 2.00 bits per heavy atom. The van der Waals surface area contributed by atoms with Gasteiger partial charge in [0.1, 0.15) is 0 Å². The molecule has 2 N–H and O–H groups in total. The molecular formula is C13H12N4. The Morgan fingerprint density at radius 1 is 1.12 bits per heavy atom. The van der Waals surface area contributed by atoms with Crippen LogP contribution in [-0.4, -0.2) is 14.6 Å². The zero-order chi connectivity index (χ0) is 11.8. The lowest BCUT2D eigenvalue weighted by molar-refractivity contribution is 1.11. The van der Waals surface area contributed by atoms with Gasteiger partial charge in [0.15, 0.2) is 11.5 Å². The maximum atomic E-state index is 5.78. The summed E-state index contributed by atoms with van der Waals surface area (Å²) in [4.78, 5) is 0. The van der Waals surface area contributed by atoms with Crippen LogP contribution in [-0.2, 0) is 0 Å². The number of anilines is 1. The van der Waals surface area contributed by atoms with E-state index in [1.54, 1.807) is 0 Å². The van der Waals surface area contributed by atoms with Gasteiger partial charge in [-0.3, -0.25) is 4.40 Å². The van der Waals surface area contributed by atoms with Crippen molar-refractivity contribution in [2.75, 3.05) is 5.73 Å². The number of nitrogens with two attached hydrogens (primary N) is 1. The second kappa shape index (κ2) is 3.59. The van der Waals surface area contributed by atoms with Gasteiger partial charge < -0.3 is 5.73 Å². The number of nitrogens with zero attached hydrogens (tertiary/aromatic N) is 3. The van der Waals surface area contributed by atoms with Crippen molar-refractivity contribution < 1.29 is 0 Å². The molecule has 0 atom stereocenters. The summed E-state index contributed by atoms with van der Waals surface area (Å²) in [5.74, 6) is 0.816. The molecule has 1 aromatic carbocycles. The maximum absolute atomic E-state index is 5.78. The average Bonchev–Trinajstić information content (AvgIpc) is 2.74. The fraction of sp³-hybridized carbons (Fsp3) is 0.0769. The van der Waals surface area contributed by atoms with Crippen molar-refractivity contribution in [1.29, 1.82) is 0 Å². The molecule has 0 saturated carbocycles. The number of fused-ring (bicyclic) bond motifs is 1. The predicted octanol–water partition coefficient (Wildman–Crippen LogP) is 2.29. The summed E-state index contributed by atoms with van der Waals surface area (Å²) in [6.07, 6.45) is 1.96. The SMILES string of the molecule is Cc1cccn2c(-c3cccc(N)c3)nnc12. The minimum atomic E-state index is 0.729. The first-order valence-corrected chi connectivity index (χ1v) is 5.42. The van der Waals surface area contributed by atoms with E-state index in [1.807, 2.05) is 53.9 Å². The number of rotatable bonds is 1. The van der Waals surface area contributed by atoms with E-state index in [-0.39, 0.29) is 0 Å². The molecular weight excluding hydrogens is 212 g/mol. The fourth-order valence-corrected chi connectivity index (χ4v) is 1.92. The van der Waals surface area contributed by atoms with Crippen LogP contribution in [0.2, 0.25) is 0 Å². The molecule has 2 aromatic heterocycles. The molecule has 0 spiro atoms. The highest BCUT2D eigenvalue weighted by atomic mass is 15.2. The predicted molar refractivity (Wildman–Crippen MR) is 67.6 cm³/mol. The number of aromatic nitrogens is 3. The highest BCUT2D eigenvalue weighted by Gasteiger charge is 2.08. The minimum Gasteiger partial charge on any atom is -0.399 e. The quantitative estimate of drug-likeness (QED) is 0.645. The maximum Gasteiger partial charge on any atom is 0.168 e. The molecule has 84 valence electrons. The van der Waals surface area contributed by atoms with Gasteiger partial charge in [-0.1, -0.05) is 18.2 Å². The second-order valence-electron chi connectivity index (χ2n) is 4.03. The standard InChI is InChI=1S/C13H12N4/c1-9-4-3-7-17-12(9)15-16-13(17)10-5-2-6-11(14)8-10/h2-8H,14H2,1H3. The van der Waals surface area contributed by atoms with Crippen LogP contribution in [0.15, 0.2) is 42.6 Å². The zero-order valence-electron chi connectivity index (χ0n) is 9.46. The Balaban J connectivity index is 2.28. The molecule has 0 bridgehead atoms. The molecule has 2 heterocycles. The van der Waals surface area contributed by atoms with E-state index in [9.17, 15) is 0 Å². The third-order valence-electron chi connectivity index (χ3n) is 2.77. The Bertz CT molecular complexity index is 685. The summed E-state index contributed by atoms with van der Waals surface area (Å²) in [7, 11) is 0. The minimum absolute atomic E-state index is 0.729. The molecule has 0 saturated heterocycles. The highest BCUT2D eigenvalue weighted by Crippen LogP contribution is 2.21. The molecule has 3 aromatic rings. The summed E-state index contributed by atoms with van der Waals surface area (Å²) in [5.41, 5.74) is 9.47. The number of hydrogen-bond donors (Lipinski definition) is 1. The van der Waals surface area contributed by atoms with Crippen molar-refractivity contribution in [2.45, 2.75) is 6.92 Å². The van der Waals surface area contributed by atoms with Gasteiger partial charge in [-0.2, -0.15) is 0 Å². The van der Waals surface area contributed by atoms with Crippen molar-refractivity contribution >= 4 is 11.3 Å². The summed E-state index contributed by atoms with van der Waals surface area (Å²) in [6.45, 7) is 2.02. The Morgan fingerprint density at radius 3 is 2.82 bits per heavy atom. The summed E-state index contributed by atoms with van der Waals surface area (Å²) in [6, 6.07) is 11.7. The Hall–Kier alpha value is -2.36. The lowest BCUT2D eigenvalue weighted by Gasteiger charge is -2.01. The van der Waals surface area contributed by atoms with Gasteiger partial charge in [0.25, 0.3) is 0 Å². The third-order valence-corrected chi connectivity index (χ3v) is 2.77. The molecule has 4 heteroatoms. The Kier molecular flexibility index (Phi) is 2.08. The number of hydrogen-bond acceptors (Lipinski definition) is 3. The fourth-order valence-electron chi connectivity index (χ4n) is 1.92. The largest absolute Gasteiger partial charge is 0.399 e. The molecule has 4 nitrogen and oxygen atoms in total. The lowest BCUT2D eigenvalue weighted by atomic mass is 10.2. The van der Waals surface area contributed by atoms with Crippen molar-refractivity contribution in [1.82, 2.24) is 14.6 Å². The van der Waals surface area contributed by atoms with E-state index in [0.29, 0.717) is 0 Å². The lowest BCUT2D eigenvalue weighted by Crippen LogP contribution is -1.91. The smallest absolute Gasteiger partial charge is 0.168 e. The number of pyridine rings is 1. The number of aryl methyl sites for hydroxylation is 1. The third kappa shape index (κ3) is 1.54. The monoisotopic (exact) mass is 224 g/mol. The van der Waals surface area contributed by atoms with E-state index in [4.69, 9.17) is 5.73 Å². The molecule has 0 unspecified atom stereocenters. The number of benzene rings is 1. The molecule has 0 aliphatic heterocycles. The van der Waals surface area contributed by atoms with Gasteiger partial charge in [-0.05, 0) is 30.7 Å². The number of nitrogen functional groups attached to an aromatic ring is 1. The van der Waals surface area contributed by atoms with E-state index in [1.165, 1.54) is 0 Å². The van der Waals surface area contributed by atoms with Crippen LogP contribution >= 0.6 is 0 Å². The summed E-state index contributed by atoms with van der Waals surface area (Å²) >= 11 is 0. The van der Waals surface area contributed by atoms with Crippen LogP contribution in [0, 0.1) is 6.92 Å². The van der Waals surface area contributed by atoms with Gasteiger partial charge in [0, 0.05) is 17.4 Å². The molecule has 3 rings (SSSR count). The van der Waals surface area contributed by atoms with Crippen LogP contribution in [0.5, 0.6) is 0 Å². The van der Waals surface area contributed by atoms with Gasteiger partial charge in [0.2, 0.25) is 0 Å². The van der Waals surface area contributed by atoms with Gasteiger partial charge in [-0.15, -0.1) is 10.2 Å². The Labute approximate surface area is 98.7 Å². The molecule has 0 fully saturated rings. The second-order valence-corrected chi connectivity index (χ2v) is 4.03. The van der Waals surface area contributed by atoms with Crippen molar-refractivity contribution in [3.8, 4) is 11.4 Å². The van der Waals surface area contributed by atoms with E-state index in [2.05, 4.69) is 10.2 Å². The molecule has 0 radical (unpaired) electrons. The van der Waals surface area contributed by atoms with Crippen LogP contribution in [0.3, 0.4) is 0 Å². The van der Waals surface area contributed by atoms with E-state index < -0.39 is 0 Å². The van der Waals surface area contributed by atoms with Crippen LogP contribution in [0.4, 0.5) is 5.69 Å². The van der Waals surface area contributed by atoms with Gasteiger partial charge >= 0.3 is 0 Å². The van der Waals surface area contributed by atoms with Crippen LogP contribution < -0.4 is 5.73 Å². The highest BCUT2D eigenvalue weighted by molar-refractivity contribution is 5.64. The normalized spacial score (nSPS) is 10.9. The summed E-state index contributed by atoms with van der Waals surface area (Å²) < 4.78 is 1.98. The molecule has 17 heavy (non-hydrogen) atoms. The first-order chi connectivity index (χ1) is 8.25. The van der Waals surface area contributed by atoms with Crippen LogP contribution in [0.1, 0.15) is 5.56 Å². The molecule has 0 aliphatic rings. The molecule has 0 aliphatic carbocycles.